The van der Waals surface area contributed by atoms with Crippen LogP contribution >= 0.6 is 0 Å². The third-order valence-corrected chi connectivity index (χ3v) is 4.70. The Morgan fingerprint density at radius 1 is 1.45 bits per heavy atom. The van der Waals surface area contributed by atoms with E-state index in [0.717, 1.165) is 37.2 Å². The van der Waals surface area contributed by atoms with Crippen molar-refractivity contribution < 1.29 is 4.79 Å². The number of amides is 2. The Morgan fingerprint density at radius 2 is 2.25 bits per heavy atom. The Kier molecular flexibility index (Phi) is 3.21. The first kappa shape index (κ1) is 13.4. The zero-order chi connectivity index (χ0) is 14.3. The normalized spacial score (nSPS) is 28.6. The number of hydrogen-bond donors (Lipinski definition) is 2. The summed E-state index contributed by atoms with van der Waals surface area (Å²) in [6, 6.07) is 6.54. The predicted molar refractivity (Wildman–Crippen MR) is 81.1 cm³/mol. The molecule has 2 aliphatic heterocycles. The van der Waals surface area contributed by atoms with Crippen molar-refractivity contribution in [2.24, 2.45) is 0 Å². The van der Waals surface area contributed by atoms with Crippen LogP contribution in [0, 0.1) is 13.8 Å². The standard InChI is InChI=1S/C16H23N3O/c1-11-4-5-12(2)14(8-11)18-15(20)19-13-6-7-16(19,3)10-17-9-13/h4-5,8,13,17H,6-7,9-10H2,1-3H3,(H,18,20). The number of piperazine rings is 1. The first-order valence-electron chi connectivity index (χ1n) is 7.38. The zero-order valence-corrected chi connectivity index (χ0v) is 12.5. The highest BCUT2D eigenvalue weighted by Gasteiger charge is 2.48. The molecule has 0 aromatic heterocycles. The van der Waals surface area contributed by atoms with E-state index in [2.05, 4.69) is 34.6 Å². The summed E-state index contributed by atoms with van der Waals surface area (Å²) in [6.45, 7) is 8.06. The number of nitrogens with one attached hydrogen (secondary N) is 2. The van der Waals surface area contributed by atoms with Gasteiger partial charge in [-0.05, 0) is 50.8 Å². The van der Waals surface area contributed by atoms with Crippen LogP contribution in [0.2, 0.25) is 0 Å². The second-order valence-electron chi connectivity index (χ2n) is 6.44. The lowest BCUT2D eigenvalue weighted by atomic mass is 9.99. The Morgan fingerprint density at radius 3 is 3.00 bits per heavy atom. The number of hydrogen-bond acceptors (Lipinski definition) is 2. The van der Waals surface area contributed by atoms with Gasteiger partial charge in [-0.1, -0.05) is 12.1 Å². The first-order chi connectivity index (χ1) is 9.49. The average Bonchev–Trinajstić information content (AvgIpc) is 2.60. The molecule has 2 fully saturated rings. The van der Waals surface area contributed by atoms with Crippen LogP contribution in [0.1, 0.15) is 30.9 Å². The maximum absolute atomic E-state index is 12.7. The van der Waals surface area contributed by atoms with Crippen LogP contribution in [-0.2, 0) is 0 Å². The van der Waals surface area contributed by atoms with E-state index in [4.69, 9.17) is 0 Å². The third kappa shape index (κ3) is 2.18. The van der Waals surface area contributed by atoms with Gasteiger partial charge in [-0.2, -0.15) is 0 Å². The molecule has 2 heterocycles. The third-order valence-electron chi connectivity index (χ3n) is 4.70. The minimum absolute atomic E-state index is 0.0370. The Bertz CT molecular complexity index is 539. The van der Waals surface area contributed by atoms with E-state index in [-0.39, 0.29) is 11.6 Å². The van der Waals surface area contributed by atoms with E-state index in [1.54, 1.807) is 0 Å². The van der Waals surface area contributed by atoms with Gasteiger partial charge in [0, 0.05) is 24.8 Å². The molecule has 2 unspecified atom stereocenters. The number of carbonyl (C=O) groups excluding carboxylic acids is 1. The van der Waals surface area contributed by atoms with Crippen LogP contribution < -0.4 is 10.6 Å². The van der Waals surface area contributed by atoms with Crippen molar-refractivity contribution in [1.82, 2.24) is 10.2 Å². The van der Waals surface area contributed by atoms with E-state index < -0.39 is 0 Å². The van der Waals surface area contributed by atoms with Crippen molar-refractivity contribution in [1.29, 1.82) is 0 Å². The molecule has 2 atom stereocenters. The van der Waals surface area contributed by atoms with Crippen LogP contribution in [0.15, 0.2) is 18.2 Å². The molecule has 2 N–H and O–H groups in total. The Labute approximate surface area is 120 Å². The lowest BCUT2D eigenvalue weighted by Gasteiger charge is -2.42. The molecule has 2 aliphatic rings. The fourth-order valence-corrected chi connectivity index (χ4v) is 3.50. The highest BCUT2D eigenvalue weighted by molar-refractivity contribution is 5.91. The number of fused-ring (bicyclic) bond motifs is 2. The number of anilines is 1. The molecule has 0 aliphatic carbocycles. The van der Waals surface area contributed by atoms with Crippen LogP contribution in [-0.4, -0.2) is 35.6 Å². The lowest BCUT2D eigenvalue weighted by molar-refractivity contribution is 0.116. The molecule has 20 heavy (non-hydrogen) atoms. The summed E-state index contributed by atoms with van der Waals surface area (Å²) in [5.41, 5.74) is 3.17. The minimum Gasteiger partial charge on any atom is -0.314 e. The van der Waals surface area contributed by atoms with Gasteiger partial charge in [0.05, 0.1) is 5.54 Å². The van der Waals surface area contributed by atoms with Crippen LogP contribution in [0.3, 0.4) is 0 Å². The number of urea groups is 1. The highest BCUT2D eigenvalue weighted by Crippen LogP contribution is 2.36. The van der Waals surface area contributed by atoms with Crippen molar-refractivity contribution in [2.45, 2.75) is 45.2 Å². The zero-order valence-electron chi connectivity index (χ0n) is 12.5. The molecule has 0 spiro atoms. The number of benzene rings is 1. The molecule has 1 aromatic carbocycles. The summed E-state index contributed by atoms with van der Waals surface area (Å²) in [5.74, 6) is 0. The van der Waals surface area contributed by atoms with Gasteiger partial charge in [0.1, 0.15) is 0 Å². The maximum Gasteiger partial charge on any atom is 0.322 e. The largest absolute Gasteiger partial charge is 0.322 e. The van der Waals surface area contributed by atoms with E-state index in [9.17, 15) is 4.79 Å². The van der Waals surface area contributed by atoms with Crippen molar-refractivity contribution in [2.75, 3.05) is 18.4 Å². The van der Waals surface area contributed by atoms with Gasteiger partial charge in [0.25, 0.3) is 0 Å². The monoisotopic (exact) mass is 273 g/mol. The molecule has 3 rings (SSSR count). The van der Waals surface area contributed by atoms with Gasteiger partial charge in [-0.25, -0.2) is 4.79 Å². The maximum atomic E-state index is 12.7. The first-order valence-corrected chi connectivity index (χ1v) is 7.38. The lowest BCUT2D eigenvalue weighted by Crippen LogP contribution is -2.61. The fourth-order valence-electron chi connectivity index (χ4n) is 3.50. The molecule has 108 valence electrons. The number of carbonyl (C=O) groups is 1. The molecule has 2 bridgehead atoms. The summed E-state index contributed by atoms with van der Waals surface area (Å²) < 4.78 is 0. The van der Waals surface area contributed by atoms with Crippen molar-refractivity contribution in [3.63, 3.8) is 0 Å². The molecule has 0 saturated carbocycles. The summed E-state index contributed by atoms with van der Waals surface area (Å²) in [4.78, 5) is 14.7. The molecular weight excluding hydrogens is 250 g/mol. The smallest absolute Gasteiger partial charge is 0.314 e. The molecule has 4 heteroatoms. The molecule has 0 radical (unpaired) electrons. The van der Waals surface area contributed by atoms with Crippen LogP contribution in [0.5, 0.6) is 0 Å². The van der Waals surface area contributed by atoms with E-state index in [1.807, 2.05) is 19.9 Å². The SMILES string of the molecule is Cc1ccc(C)c(NC(=O)N2C3CCC2(C)CNC3)c1. The van der Waals surface area contributed by atoms with Gasteiger partial charge < -0.3 is 15.5 Å². The quantitative estimate of drug-likeness (QED) is 0.826. The summed E-state index contributed by atoms with van der Waals surface area (Å²) in [5, 5.41) is 6.54. The topological polar surface area (TPSA) is 44.4 Å². The predicted octanol–water partition coefficient (Wildman–Crippen LogP) is 2.66. The highest BCUT2D eigenvalue weighted by atomic mass is 16.2. The van der Waals surface area contributed by atoms with Gasteiger partial charge in [-0.3, -0.25) is 0 Å². The summed E-state index contributed by atoms with van der Waals surface area (Å²) >= 11 is 0. The van der Waals surface area contributed by atoms with Crippen LogP contribution in [0.25, 0.3) is 0 Å². The van der Waals surface area contributed by atoms with Crippen molar-refractivity contribution in [3.05, 3.63) is 29.3 Å². The minimum atomic E-state index is -0.0370. The fraction of sp³-hybridized carbons (Fsp3) is 0.562. The Hall–Kier alpha value is -1.55. The van der Waals surface area contributed by atoms with Crippen LogP contribution in [0.4, 0.5) is 10.5 Å². The van der Waals surface area contributed by atoms with E-state index >= 15 is 0 Å². The average molecular weight is 273 g/mol. The Balaban J connectivity index is 1.81. The van der Waals surface area contributed by atoms with Crippen molar-refractivity contribution >= 4 is 11.7 Å². The van der Waals surface area contributed by atoms with Gasteiger partial charge >= 0.3 is 6.03 Å². The van der Waals surface area contributed by atoms with Gasteiger partial charge in [-0.15, -0.1) is 0 Å². The number of nitrogens with zero attached hydrogens (tertiary/aromatic N) is 1. The molecule has 4 nitrogen and oxygen atoms in total. The summed E-state index contributed by atoms with van der Waals surface area (Å²) in [6.07, 6.45) is 2.19. The second kappa shape index (κ2) is 4.77. The molecule has 2 amide bonds. The van der Waals surface area contributed by atoms with Gasteiger partial charge in [0.15, 0.2) is 0 Å². The number of rotatable bonds is 1. The second-order valence-corrected chi connectivity index (χ2v) is 6.44. The van der Waals surface area contributed by atoms with E-state index in [0.29, 0.717) is 6.04 Å². The van der Waals surface area contributed by atoms with Crippen molar-refractivity contribution in [3.8, 4) is 0 Å². The molecule has 2 saturated heterocycles. The summed E-state index contributed by atoms with van der Waals surface area (Å²) in [7, 11) is 0. The molecule has 1 aromatic rings. The molecular formula is C16H23N3O. The van der Waals surface area contributed by atoms with E-state index in [1.165, 1.54) is 5.56 Å². The van der Waals surface area contributed by atoms with Gasteiger partial charge in [0.2, 0.25) is 0 Å². The number of aryl methyl sites for hydroxylation is 2.